The first kappa shape index (κ1) is 20.1. The number of benzene rings is 1. The van der Waals surface area contributed by atoms with E-state index < -0.39 is 35.8 Å². The first-order valence-electron chi connectivity index (χ1n) is 7.63. The van der Waals surface area contributed by atoms with Crippen LogP contribution in [0.5, 0.6) is 0 Å². The largest absolute Gasteiger partial charge is 0.469 e. The van der Waals surface area contributed by atoms with Gasteiger partial charge >= 0.3 is 11.9 Å². The van der Waals surface area contributed by atoms with E-state index in [1.807, 2.05) is 30.3 Å². The van der Waals surface area contributed by atoms with Crippen molar-refractivity contribution in [3.8, 4) is 0 Å². The highest BCUT2D eigenvalue weighted by Gasteiger charge is 2.29. The Bertz CT molecular complexity index is 617. The van der Waals surface area contributed by atoms with Crippen molar-refractivity contribution in [1.29, 1.82) is 0 Å². The summed E-state index contributed by atoms with van der Waals surface area (Å²) in [6.07, 6.45) is -0.134. The molecular weight excluding hydrogens is 328 g/mol. The van der Waals surface area contributed by atoms with E-state index >= 15 is 0 Å². The molecule has 0 saturated heterocycles. The number of carbonyl (C=O) groups is 4. The minimum absolute atomic E-state index is 0.234. The molecular formula is C17H22N2O6. The molecule has 1 rings (SSSR count). The van der Waals surface area contributed by atoms with Crippen LogP contribution in [0.2, 0.25) is 0 Å². The van der Waals surface area contributed by atoms with Gasteiger partial charge in [-0.2, -0.15) is 0 Å². The zero-order chi connectivity index (χ0) is 18.8. The van der Waals surface area contributed by atoms with Crippen molar-refractivity contribution in [2.45, 2.75) is 31.8 Å². The summed E-state index contributed by atoms with van der Waals surface area (Å²) in [5.41, 5.74) is 0.832. The van der Waals surface area contributed by atoms with E-state index in [-0.39, 0.29) is 12.8 Å². The van der Waals surface area contributed by atoms with Crippen LogP contribution in [0.4, 0.5) is 0 Å². The summed E-state index contributed by atoms with van der Waals surface area (Å²) in [5.74, 6) is -2.44. The number of rotatable bonds is 8. The number of ether oxygens (including phenoxy) is 2. The Morgan fingerprint density at radius 2 is 1.60 bits per heavy atom. The van der Waals surface area contributed by atoms with Gasteiger partial charge in [-0.25, -0.2) is 4.79 Å². The van der Waals surface area contributed by atoms with Crippen LogP contribution in [0.25, 0.3) is 0 Å². The van der Waals surface area contributed by atoms with Gasteiger partial charge < -0.3 is 20.1 Å². The number of amides is 2. The maximum atomic E-state index is 12.5. The predicted molar refractivity (Wildman–Crippen MR) is 88.3 cm³/mol. The summed E-state index contributed by atoms with van der Waals surface area (Å²) < 4.78 is 9.10. The van der Waals surface area contributed by atoms with Crippen LogP contribution in [0, 0.1) is 0 Å². The topological polar surface area (TPSA) is 111 Å². The van der Waals surface area contributed by atoms with Crippen molar-refractivity contribution < 1.29 is 28.7 Å². The Morgan fingerprint density at radius 1 is 0.960 bits per heavy atom. The number of methoxy groups -OCH3 is 2. The molecule has 0 unspecified atom stereocenters. The van der Waals surface area contributed by atoms with Gasteiger partial charge in [0.15, 0.2) is 0 Å². The van der Waals surface area contributed by atoms with Crippen LogP contribution < -0.4 is 10.6 Å². The maximum Gasteiger partial charge on any atom is 0.328 e. The quantitative estimate of drug-likeness (QED) is 0.636. The van der Waals surface area contributed by atoms with E-state index in [2.05, 4.69) is 20.1 Å². The first-order valence-corrected chi connectivity index (χ1v) is 7.63. The van der Waals surface area contributed by atoms with E-state index in [4.69, 9.17) is 0 Å². The molecule has 0 saturated carbocycles. The summed E-state index contributed by atoms with van der Waals surface area (Å²) >= 11 is 0. The number of hydrogen-bond acceptors (Lipinski definition) is 6. The second-order valence-electron chi connectivity index (χ2n) is 5.31. The minimum Gasteiger partial charge on any atom is -0.469 e. The third-order valence-electron chi connectivity index (χ3n) is 3.38. The third kappa shape index (κ3) is 7.03. The number of nitrogens with one attached hydrogen (secondary N) is 2. The van der Waals surface area contributed by atoms with Crippen molar-refractivity contribution in [2.24, 2.45) is 0 Å². The smallest absolute Gasteiger partial charge is 0.328 e. The van der Waals surface area contributed by atoms with Crippen LogP contribution >= 0.6 is 0 Å². The van der Waals surface area contributed by atoms with Gasteiger partial charge in [-0.3, -0.25) is 14.4 Å². The molecule has 25 heavy (non-hydrogen) atoms. The lowest BCUT2D eigenvalue weighted by molar-refractivity contribution is -0.151. The lowest BCUT2D eigenvalue weighted by Gasteiger charge is -2.21. The Labute approximate surface area is 145 Å². The van der Waals surface area contributed by atoms with Crippen LogP contribution in [-0.4, -0.2) is 50.1 Å². The molecule has 0 heterocycles. The average molecular weight is 350 g/mol. The molecule has 0 aliphatic heterocycles. The molecule has 1 aromatic rings. The fourth-order valence-electron chi connectivity index (χ4n) is 2.16. The average Bonchev–Trinajstić information content (AvgIpc) is 2.60. The number of hydrogen-bond donors (Lipinski definition) is 2. The van der Waals surface area contributed by atoms with Crippen molar-refractivity contribution in [2.75, 3.05) is 14.2 Å². The number of esters is 2. The Kier molecular flexibility index (Phi) is 8.11. The van der Waals surface area contributed by atoms with Gasteiger partial charge in [0.05, 0.1) is 20.6 Å². The molecule has 0 spiro atoms. The monoisotopic (exact) mass is 350 g/mol. The SMILES string of the molecule is COC(=O)C[C@H](NC(=O)[C@H](Cc1ccccc1)NC(C)=O)C(=O)OC. The molecule has 0 aliphatic carbocycles. The fraction of sp³-hybridized carbons (Fsp3) is 0.412. The molecule has 136 valence electrons. The molecule has 2 amide bonds. The minimum atomic E-state index is -1.20. The molecule has 2 N–H and O–H groups in total. The van der Waals surface area contributed by atoms with Gasteiger partial charge in [0.2, 0.25) is 11.8 Å². The molecule has 0 aliphatic rings. The van der Waals surface area contributed by atoms with Crippen molar-refractivity contribution in [3.63, 3.8) is 0 Å². The highest BCUT2D eigenvalue weighted by Crippen LogP contribution is 2.05. The molecule has 8 heteroatoms. The first-order chi connectivity index (χ1) is 11.9. The molecule has 0 bridgehead atoms. The zero-order valence-corrected chi connectivity index (χ0v) is 14.4. The summed E-state index contributed by atoms with van der Waals surface area (Å²) in [4.78, 5) is 47.1. The highest BCUT2D eigenvalue weighted by atomic mass is 16.5. The Hall–Kier alpha value is -2.90. The summed E-state index contributed by atoms with van der Waals surface area (Å²) in [6, 6.07) is 6.99. The van der Waals surface area contributed by atoms with Gasteiger partial charge in [-0.1, -0.05) is 30.3 Å². The zero-order valence-electron chi connectivity index (χ0n) is 14.4. The van der Waals surface area contributed by atoms with E-state index in [9.17, 15) is 19.2 Å². The van der Waals surface area contributed by atoms with Crippen molar-refractivity contribution in [3.05, 3.63) is 35.9 Å². The van der Waals surface area contributed by atoms with E-state index in [1.54, 1.807) is 0 Å². The van der Waals surface area contributed by atoms with Gasteiger partial charge in [-0.15, -0.1) is 0 Å². The Balaban J connectivity index is 2.88. The lowest BCUT2D eigenvalue weighted by Crippen LogP contribution is -2.52. The molecule has 0 fully saturated rings. The van der Waals surface area contributed by atoms with Crippen LogP contribution in [-0.2, 0) is 35.1 Å². The van der Waals surface area contributed by atoms with Gasteiger partial charge in [0, 0.05) is 13.3 Å². The van der Waals surface area contributed by atoms with Crippen LogP contribution in [0.1, 0.15) is 18.9 Å². The second kappa shape index (κ2) is 10.1. The van der Waals surface area contributed by atoms with Crippen molar-refractivity contribution >= 4 is 23.8 Å². The van der Waals surface area contributed by atoms with E-state index in [1.165, 1.54) is 14.0 Å². The normalized spacial score (nSPS) is 12.4. The fourth-order valence-corrected chi connectivity index (χ4v) is 2.16. The van der Waals surface area contributed by atoms with Crippen molar-refractivity contribution in [1.82, 2.24) is 10.6 Å². The maximum absolute atomic E-state index is 12.5. The summed E-state index contributed by atoms with van der Waals surface area (Å²) in [5, 5.41) is 4.97. The molecule has 0 radical (unpaired) electrons. The highest BCUT2D eigenvalue weighted by molar-refractivity contribution is 5.92. The molecule has 8 nitrogen and oxygen atoms in total. The van der Waals surface area contributed by atoms with E-state index in [0.29, 0.717) is 0 Å². The summed E-state index contributed by atoms with van der Waals surface area (Å²) in [6.45, 7) is 1.29. The third-order valence-corrected chi connectivity index (χ3v) is 3.38. The standard InChI is InChI=1S/C17H22N2O6/c1-11(20)18-13(9-12-7-5-4-6-8-12)16(22)19-14(17(23)25-3)10-15(21)24-2/h4-8,13-14H,9-10H2,1-3H3,(H,18,20)(H,19,22)/t13-,14-/m0/s1. The van der Waals surface area contributed by atoms with Crippen LogP contribution in [0.3, 0.4) is 0 Å². The number of carbonyl (C=O) groups excluding carboxylic acids is 4. The molecule has 0 aromatic heterocycles. The molecule has 1 aromatic carbocycles. The van der Waals surface area contributed by atoms with Crippen LogP contribution in [0.15, 0.2) is 30.3 Å². The van der Waals surface area contributed by atoms with Gasteiger partial charge in [0.25, 0.3) is 0 Å². The lowest BCUT2D eigenvalue weighted by atomic mass is 10.0. The van der Waals surface area contributed by atoms with Gasteiger partial charge in [-0.05, 0) is 5.56 Å². The second-order valence-corrected chi connectivity index (χ2v) is 5.31. The summed E-state index contributed by atoms with van der Waals surface area (Å²) in [7, 11) is 2.32. The van der Waals surface area contributed by atoms with E-state index in [0.717, 1.165) is 12.7 Å². The predicted octanol–water partition coefficient (Wildman–Crippen LogP) is -0.0453. The Morgan fingerprint density at radius 3 is 2.12 bits per heavy atom. The molecule has 2 atom stereocenters. The van der Waals surface area contributed by atoms with Gasteiger partial charge in [0.1, 0.15) is 12.1 Å².